The van der Waals surface area contributed by atoms with Crippen LogP contribution in [0.2, 0.25) is 0 Å². The molecule has 1 saturated heterocycles. The molecule has 0 radical (unpaired) electrons. The van der Waals surface area contributed by atoms with Crippen LogP contribution in [0.3, 0.4) is 0 Å². The molecule has 1 aliphatic carbocycles. The lowest BCUT2D eigenvalue weighted by Crippen LogP contribution is -2.45. The summed E-state index contributed by atoms with van der Waals surface area (Å²) in [7, 11) is 4.94. The minimum atomic E-state index is -0.156. The zero-order chi connectivity index (χ0) is 17.5. The first-order valence-corrected chi connectivity index (χ1v) is 8.56. The van der Waals surface area contributed by atoms with Crippen molar-refractivity contribution in [2.75, 3.05) is 21.3 Å². The molecule has 24 heavy (non-hydrogen) atoms. The Morgan fingerprint density at radius 2 is 1.75 bits per heavy atom. The van der Waals surface area contributed by atoms with Gasteiger partial charge in [0.05, 0.1) is 33.0 Å². The summed E-state index contributed by atoms with van der Waals surface area (Å²) in [5.74, 6) is 2.94. The second-order valence-electron chi connectivity index (χ2n) is 7.29. The molecule has 1 aromatic carbocycles. The van der Waals surface area contributed by atoms with Gasteiger partial charge in [-0.15, -0.1) is 0 Å². The summed E-state index contributed by atoms with van der Waals surface area (Å²) in [4.78, 5) is 0. The molecule has 0 unspecified atom stereocenters. The summed E-state index contributed by atoms with van der Waals surface area (Å²) >= 11 is 0. The molecular formula is C20H28O4. The monoisotopic (exact) mass is 332 g/mol. The molecule has 132 valence electrons. The quantitative estimate of drug-likeness (QED) is 0.759. The van der Waals surface area contributed by atoms with Gasteiger partial charge >= 0.3 is 0 Å². The molecule has 1 aromatic rings. The third kappa shape index (κ3) is 2.67. The van der Waals surface area contributed by atoms with Crippen molar-refractivity contribution in [2.45, 2.75) is 45.3 Å². The molecule has 4 nitrogen and oxygen atoms in total. The summed E-state index contributed by atoms with van der Waals surface area (Å²) in [5.41, 5.74) is 2.28. The molecule has 1 heterocycles. The molecule has 0 N–H and O–H groups in total. The van der Waals surface area contributed by atoms with Crippen molar-refractivity contribution < 1.29 is 18.9 Å². The zero-order valence-electron chi connectivity index (χ0n) is 15.5. The van der Waals surface area contributed by atoms with E-state index in [-0.39, 0.29) is 11.7 Å². The van der Waals surface area contributed by atoms with Crippen LogP contribution in [0.25, 0.3) is 0 Å². The molecule has 0 saturated carbocycles. The topological polar surface area (TPSA) is 36.9 Å². The highest BCUT2D eigenvalue weighted by atomic mass is 16.5. The molecule has 3 rings (SSSR count). The van der Waals surface area contributed by atoms with Crippen LogP contribution in [-0.2, 0) is 4.74 Å². The van der Waals surface area contributed by atoms with E-state index in [1.54, 1.807) is 21.3 Å². The van der Waals surface area contributed by atoms with Gasteiger partial charge in [0.25, 0.3) is 0 Å². The van der Waals surface area contributed by atoms with Gasteiger partial charge in [0, 0.05) is 11.5 Å². The minimum absolute atomic E-state index is 0.0393. The molecule has 0 aromatic heterocycles. The molecule has 1 fully saturated rings. The Kier molecular flexibility index (Phi) is 4.52. The van der Waals surface area contributed by atoms with Gasteiger partial charge in [0.2, 0.25) is 5.75 Å². The van der Waals surface area contributed by atoms with Crippen molar-refractivity contribution in [3.8, 4) is 17.2 Å². The molecular weight excluding hydrogens is 304 g/mol. The minimum Gasteiger partial charge on any atom is -0.493 e. The Morgan fingerprint density at radius 1 is 1.04 bits per heavy atom. The third-order valence-corrected chi connectivity index (χ3v) is 5.67. The Balaban J connectivity index is 2.10. The highest BCUT2D eigenvalue weighted by Crippen LogP contribution is 2.54. The van der Waals surface area contributed by atoms with Crippen LogP contribution in [0.4, 0.5) is 0 Å². The Bertz CT molecular complexity index is 647. The van der Waals surface area contributed by atoms with Gasteiger partial charge < -0.3 is 18.9 Å². The normalized spacial score (nSPS) is 28.1. The van der Waals surface area contributed by atoms with Crippen molar-refractivity contribution in [3.05, 3.63) is 29.3 Å². The predicted molar refractivity (Wildman–Crippen MR) is 94.0 cm³/mol. The van der Waals surface area contributed by atoms with E-state index in [1.165, 1.54) is 5.57 Å². The first-order chi connectivity index (χ1) is 11.4. The van der Waals surface area contributed by atoms with Crippen molar-refractivity contribution in [3.63, 3.8) is 0 Å². The summed E-state index contributed by atoms with van der Waals surface area (Å²) in [6.45, 7) is 6.61. The number of hydrogen-bond donors (Lipinski definition) is 0. The Labute approximate surface area is 144 Å². The van der Waals surface area contributed by atoms with Gasteiger partial charge in [-0.25, -0.2) is 0 Å². The van der Waals surface area contributed by atoms with E-state index in [4.69, 9.17) is 18.9 Å². The van der Waals surface area contributed by atoms with Gasteiger partial charge in [0.15, 0.2) is 11.5 Å². The van der Waals surface area contributed by atoms with E-state index in [2.05, 4.69) is 26.8 Å². The fraction of sp³-hybridized carbons (Fsp3) is 0.600. The van der Waals surface area contributed by atoms with Crippen LogP contribution in [0.1, 0.15) is 45.3 Å². The van der Waals surface area contributed by atoms with E-state index in [9.17, 15) is 0 Å². The maximum absolute atomic E-state index is 6.60. The van der Waals surface area contributed by atoms with E-state index in [0.717, 1.165) is 18.4 Å². The number of rotatable bonds is 4. The smallest absolute Gasteiger partial charge is 0.203 e. The van der Waals surface area contributed by atoms with E-state index in [0.29, 0.717) is 29.1 Å². The first kappa shape index (κ1) is 17.2. The van der Waals surface area contributed by atoms with Gasteiger partial charge in [-0.2, -0.15) is 0 Å². The summed E-state index contributed by atoms with van der Waals surface area (Å²) in [6, 6.07) is 3.98. The molecule has 0 spiro atoms. The number of ether oxygens (including phenoxy) is 4. The van der Waals surface area contributed by atoms with E-state index >= 15 is 0 Å². The maximum atomic E-state index is 6.60. The highest BCUT2D eigenvalue weighted by molar-refractivity contribution is 5.57. The SMILES string of the molecule is COc1ccc([C@@H]2OC(C)(C)[C@@H]3CC=C(C)[C@H]2C3)c(OC)c1OC. The number of hydrogen-bond acceptors (Lipinski definition) is 4. The van der Waals surface area contributed by atoms with Crippen LogP contribution in [0.15, 0.2) is 23.8 Å². The average molecular weight is 332 g/mol. The summed E-state index contributed by atoms with van der Waals surface area (Å²) < 4.78 is 23.3. The van der Waals surface area contributed by atoms with Crippen LogP contribution in [0.5, 0.6) is 17.2 Å². The highest BCUT2D eigenvalue weighted by Gasteiger charge is 2.46. The molecule has 2 bridgehead atoms. The van der Waals surface area contributed by atoms with Crippen LogP contribution >= 0.6 is 0 Å². The molecule has 0 amide bonds. The fourth-order valence-electron chi connectivity index (χ4n) is 4.13. The second kappa shape index (κ2) is 6.32. The summed E-state index contributed by atoms with van der Waals surface area (Å²) in [5, 5.41) is 0. The third-order valence-electron chi connectivity index (χ3n) is 5.67. The van der Waals surface area contributed by atoms with Gasteiger partial charge in [0.1, 0.15) is 0 Å². The second-order valence-corrected chi connectivity index (χ2v) is 7.29. The number of methoxy groups -OCH3 is 3. The van der Waals surface area contributed by atoms with Crippen molar-refractivity contribution in [1.82, 2.24) is 0 Å². The van der Waals surface area contributed by atoms with Gasteiger partial charge in [-0.1, -0.05) is 11.6 Å². The molecule has 1 aliphatic heterocycles. The predicted octanol–water partition coefficient (Wildman–Crippen LogP) is 4.53. The lowest BCUT2D eigenvalue weighted by Gasteiger charge is -2.49. The first-order valence-electron chi connectivity index (χ1n) is 8.56. The molecule has 2 aliphatic rings. The van der Waals surface area contributed by atoms with Crippen LogP contribution < -0.4 is 14.2 Å². The number of allylic oxidation sites excluding steroid dienone is 1. The van der Waals surface area contributed by atoms with Crippen molar-refractivity contribution in [2.24, 2.45) is 11.8 Å². The van der Waals surface area contributed by atoms with Gasteiger partial charge in [-0.3, -0.25) is 0 Å². The lowest BCUT2D eigenvalue weighted by atomic mass is 9.68. The Hall–Kier alpha value is -1.68. The van der Waals surface area contributed by atoms with Gasteiger partial charge in [-0.05, 0) is 51.7 Å². The standard InChI is InChI=1S/C20H28O4/c1-12-7-8-13-11-15(12)17(24-20(13,2)3)14-9-10-16(21-4)19(23-6)18(14)22-5/h7,9-10,13,15,17H,8,11H2,1-6H3/t13-,15-,17+/m1/s1. The van der Waals surface area contributed by atoms with Crippen molar-refractivity contribution in [1.29, 1.82) is 0 Å². The largest absolute Gasteiger partial charge is 0.493 e. The number of fused-ring (bicyclic) bond motifs is 2. The molecule has 3 atom stereocenters. The average Bonchev–Trinajstić information content (AvgIpc) is 2.58. The van der Waals surface area contributed by atoms with E-state index < -0.39 is 0 Å². The lowest BCUT2D eigenvalue weighted by molar-refractivity contribution is -0.167. The van der Waals surface area contributed by atoms with Crippen LogP contribution in [0, 0.1) is 11.8 Å². The zero-order valence-corrected chi connectivity index (χ0v) is 15.5. The fourth-order valence-corrected chi connectivity index (χ4v) is 4.13. The van der Waals surface area contributed by atoms with Crippen molar-refractivity contribution >= 4 is 0 Å². The summed E-state index contributed by atoms with van der Waals surface area (Å²) in [6.07, 6.45) is 4.59. The maximum Gasteiger partial charge on any atom is 0.203 e. The molecule has 4 heteroatoms. The Morgan fingerprint density at radius 3 is 2.38 bits per heavy atom. The number of benzene rings is 1. The van der Waals surface area contributed by atoms with E-state index in [1.807, 2.05) is 12.1 Å². The van der Waals surface area contributed by atoms with Crippen LogP contribution in [-0.4, -0.2) is 26.9 Å².